The molecule has 0 fully saturated rings. The summed E-state index contributed by atoms with van der Waals surface area (Å²) in [5, 5.41) is 52.6. The first kappa shape index (κ1) is 32.6. The summed E-state index contributed by atoms with van der Waals surface area (Å²) in [6.07, 6.45) is 0. The average Bonchev–Trinajstić information content (AvgIpc) is 2.84. The zero-order chi connectivity index (χ0) is 27.4. The Balaban J connectivity index is 0.000000518. The minimum absolute atomic E-state index is 0. The van der Waals surface area contributed by atoms with Crippen molar-refractivity contribution in [1.29, 1.82) is 16.2 Å². The molecule has 0 aliphatic heterocycles. The Hall–Kier alpha value is -4.42. The molecular weight excluding hydrogens is 557 g/mol. The maximum Gasteiger partial charge on any atom is 3.00 e. The summed E-state index contributed by atoms with van der Waals surface area (Å²) in [4.78, 5) is 31.4. The van der Waals surface area contributed by atoms with Crippen LogP contribution in [0.25, 0.3) is 0 Å². The van der Waals surface area contributed by atoms with E-state index in [0.29, 0.717) is 0 Å². The molecule has 0 heterocycles. The Bertz CT molecular complexity index is 1070. The van der Waals surface area contributed by atoms with Gasteiger partial charge >= 0.3 is 32.7 Å². The molecule has 0 bridgehead atoms. The van der Waals surface area contributed by atoms with Crippen molar-refractivity contribution in [2.75, 3.05) is 0 Å². The van der Waals surface area contributed by atoms with Crippen molar-refractivity contribution >= 4 is 35.4 Å². The van der Waals surface area contributed by atoms with Crippen molar-refractivity contribution in [3.05, 3.63) is 106 Å². The maximum atomic E-state index is 10.5. The van der Waals surface area contributed by atoms with Gasteiger partial charge in [-0.3, -0.25) is 16.2 Å². The van der Waals surface area contributed by atoms with Gasteiger partial charge in [0.05, 0.1) is 17.9 Å². The van der Waals surface area contributed by atoms with E-state index in [1.54, 1.807) is 36.4 Å². The molecule has 0 spiro atoms. The van der Waals surface area contributed by atoms with Crippen molar-refractivity contribution in [3.8, 4) is 0 Å². The number of nitrogens with two attached hydrogens (primary N) is 3. The Morgan fingerprint density at radius 3 is 0.730 bits per heavy atom. The van der Waals surface area contributed by atoms with E-state index >= 15 is 0 Å². The fourth-order valence-corrected chi connectivity index (χ4v) is 2.69. The number of amidine groups is 3. The topological polar surface area (TPSA) is 270 Å². The number of carbonyl (C=O) groups excluding carboxylic acids is 3. The molecule has 0 atom stereocenters. The number of hydrogen-bond donors (Lipinski definition) is 6. The van der Waals surface area contributed by atoms with Crippen LogP contribution >= 0.6 is 0 Å². The van der Waals surface area contributed by atoms with Gasteiger partial charge in [0.25, 0.3) is 0 Å². The summed E-state index contributed by atoms with van der Waals surface area (Å²) >= 11 is 0. The molecular formula is C24H21N6O6Y. The molecule has 3 aromatic carbocycles. The van der Waals surface area contributed by atoms with E-state index in [4.69, 9.17) is 33.4 Å². The van der Waals surface area contributed by atoms with Crippen LogP contribution in [0, 0.1) is 16.2 Å². The SMILES string of the molecule is N=C(N)c1ccccc1C(=O)[O-].N=C(N)c1ccccc1C(=O)[O-].N=C(N)c1ccccc1C(=O)[O-].[Y+3]. The second-order valence-corrected chi connectivity index (χ2v) is 6.74. The third-order valence-electron chi connectivity index (χ3n) is 4.31. The molecule has 0 amide bonds. The third kappa shape index (κ3) is 10.00. The Morgan fingerprint density at radius 1 is 0.459 bits per heavy atom. The second kappa shape index (κ2) is 15.6. The van der Waals surface area contributed by atoms with E-state index < -0.39 is 17.9 Å². The summed E-state index contributed by atoms with van der Waals surface area (Å²) in [5.74, 6) is -4.76. The van der Waals surface area contributed by atoms with Crippen LogP contribution < -0.4 is 32.5 Å². The van der Waals surface area contributed by atoms with Crippen molar-refractivity contribution < 1.29 is 62.4 Å². The number of rotatable bonds is 6. The fourth-order valence-electron chi connectivity index (χ4n) is 2.69. The smallest absolute Gasteiger partial charge is 0.545 e. The van der Waals surface area contributed by atoms with Crippen molar-refractivity contribution in [2.24, 2.45) is 17.2 Å². The Kier molecular flexibility index (Phi) is 13.7. The molecule has 13 heteroatoms. The van der Waals surface area contributed by atoms with E-state index in [-0.39, 0.29) is 83.6 Å². The van der Waals surface area contributed by atoms with E-state index in [1.807, 2.05) is 0 Å². The van der Waals surface area contributed by atoms with Crippen LogP contribution in [0.2, 0.25) is 0 Å². The number of benzene rings is 3. The van der Waals surface area contributed by atoms with Crippen LogP contribution in [0.15, 0.2) is 72.8 Å². The minimum Gasteiger partial charge on any atom is -0.545 e. The van der Waals surface area contributed by atoms with E-state index in [0.717, 1.165) is 0 Å². The summed E-state index contributed by atoms with van der Waals surface area (Å²) < 4.78 is 0. The van der Waals surface area contributed by atoms with Gasteiger partial charge in [-0.05, 0) is 0 Å². The predicted octanol–water partition coefficient (Wildman–Crippen LogP) is -2.00. The number of nitrogen functional groups attached to an aromatic ring is 3. The van der Waals surface area contributed by atoms with Gasteiger partial charge in [-0.2, -0.15) is 0 Å². The van der Waals surface area contributed by atoms with Gasteiger partial charge in [-0.15, -0.1) is 0 Å². The zero-order valence-corrected chi connectivity index (χ0v) is 22.0. The number of hydrogen-bond acceptors (Lipinski definition) is 9. The summed E-state index contributed by atoms with van der Waals surface area (Å²) in [6, 6.07) is 18.0. The monoisotopic (exact) mass is 578 g/mol. The van der Waals surface area contributed by atoms with Gasteiger partial charge in [-0.1, -0.05) is 72.8 Å². The second-order valence-electron chi connectivity index (χ2n) is 6.74. The molecule has 0 aliphatic rings. The largest absolute Gasteiger partial charge is 3.00 e. The first-order valence-corrected chi connectivity index (χ1v) is 9.82. The first-order chi connectivity index (χ1) is 16.9. The van der Waals surface area contributed by atoms with Crippen LogP contribution in [0.1, 0.15) is 47.8 Å². The van der Waals surface area contributed by atoms with Crippen LogP contribution in [-0.4, -0.2) is 35.4 Å². The molecule has 0 saturated carbocycles. The number of carboxylic acids is 3. The number of nitrogens with one attached hydrogen (secondary N) is 3. The maximum absolute atomic E-state index is 10.5. The minimum atomic E-state index is -1.32. The zero-order valence-electron chi connectivity index (χ0n) is 19.2. The molecule has 0 radical (unpaired) electrons. The van der Waals surface area contributed by atoms with Crippen LogP contribution in [-0.2, 0) is 32.7 Å². The first-order valence-electron chi connectivity index (χ1n) is 9.82. The molecule has 186 valence electrons. The van der Waals surface area contributed by atoms with Gasteiger partial charge in [0, 0.05) is 33.4 Å². The molecule has 12 nitrogen and oxygen atoms in total. The van der Waals surface area contributed by atoms with Gasteiger partial charge in [0.2, 0.25) is 0 Å². The molecule has 3 aromatic rings. The molecule has 3 rings (SSSR count). The van der Waals surface area contributed by atoms with Crippen LogP contribution in [0.5, 0.6) is 0 Å². The Morgan fingerprint density at radius 2 is 0.622 bits per heavy atom. The Labute approximate surface area is 236 Å². The molecule has 0 unspecified atom stereocenters. The van der Waals surface area contributed by atoms with Gasteiger partial charge in [0.15, 0.2) is 0 Å². The fraction of sp³-hybridized carbons (Fsp3) is 0. The van der Waals surface area contributed by atoms with E-state index in [1.165, 1.54) is 36.4 Å². The molecule has 9 N–H and O–H groups in total. The quantitative estimate of drug-likeness (QED) is 0.139. The normalized spacial score (nSPS) is 9.08. The summed E-state index contributed by atoms with van der Waals surface area (Å²) in [6.45, 7) is 0. The van der Waals surface area contributed by atoms with Gasteiger partial charge < -0.3 is 46.9 Å². The summed E-state index contributed by atoms with van der Waals surface area (Å²) in [5.41, 5.74) is 15.9. The van der Waals surface area contributed by atoms with E-state index in [9.17, 15) is 29.7 Å². The van der Waals surface area contributed by atoms with Crippen molar-refractivity contribution in [3.63, 3.8) is 0 Å². The molecule has 0 saturated heterocycles. The van der Waals surface area contributed by atoms with Crippen LogP contribution in [0.3, 0.4) is 0 Å². The number of aromatic carboxylic acids is 3. The average molecular weight is 578 g/mol. The van der Waals surface area contributed by atoms with Gasteiger partial charge in [-0.25, -0.2) is 0 Å². The molecule has 0 aromatic heterocycles. The van der Waals surface area contributed by atoms with Crippen molar-refractivity contribution in [2.45, 2.75) is 0 Å². The van der Waals surface area contributed by atoms with Gasteiger partial charge in [0.1, 0.15) is 17.5 Å². The summed E-state index contributed by atoms with van der Waals surface area (Å²) in [7, 11) is 0. The molecule has 0 aliphatic carbocycles. The standard InChI is InChI=1S/3C8H8N2O2.Y/c3*9-7(10)5-3-1-2-4-6(5)8(11)12;/h3*1-4H,(H3,9,10)(H,11,12);/q;;;+3/p-3. The number of carbonyl (C=O) groups is 3. The third-order valence-corrected chi connectivity index (χ3v) is 4.31. The predicted molar refractivity (Wildman–Crippen MR) is 125 cm³/mol. The van der Waals surface area contributed by atoms with Crippen LogP contribution in [0.4, 0.5) is 0 Å². The molecule has 37 heavy (non-hydrogen) atoms. The van der Waals surface area contributed by atoms with E-state index in [2.05, 4.69) is 0 Å². The number of carboxylic acid groups (broad SMARTS) is 3. The van der Waals surface area contributed by atoms with Crippen molar-refractivity contribution in [1.82, 2.24) is 0 Å².